The van der Waals surface area contributed by atoms with E-state index in [0.29, 0.717) is 49.1 Å². The number of anilines is 2. The van der Waals surface area contributed by atoms with Crippen LogP contribution in [0.15, 0.2) is 48.5 Å². The summed E-state index contributed by atoms with van der Waals surface area (Å²) in [6, 6.07) is 14.3. The van der Waals surface area contributed by atoms with Gasteiger partial charge in [0.25, 0.3) is 0 Å². The molecule has 1 N–H and O–H groups in total. The summed E-state index contributed by atoms with van der Waals surface area (Å²) in [4.78, 5) is 28.5. The lowest BCUT2D eigenvalue weighted by molar-refractivity contribution is 0.0527. The summed E-state index contributed by atoms with van der Waals surface area (Å²) in [6.07, 6.45) is 0. The lowest BCUT2D eigenvalue weighted by Gasteiger charge is -2.36. The standard InChI is InChI=1S/C20H22ClN3O3/c1-2-27-19(25)17-8-3-4-9-18(17)23-10-12-24(13-11-23)20(26)22-16-7-5-6-15(21)14-16/h3-9,14H,2,10-13H2,1H3,(H,22,26). The molecule has 0 aromatic heterocycles. The van der Waals surface area contributed by atoms with E-state index in [-0.39, 0.29) is 12.0 Å². The van der Waals surface area contributed by atoms with Crippen molar-refractivity contribution >= 4 is 35.0 Å². The summed E-state index contributed by atoms with van der Waals surface area (Å²) in [5.41, 5.74) is 2.06. The minimum absolute atomic E-state index is 0.157. The van der Waals surface area contributed by atoms with E-state index in [2.05, 4.69) is 10.2 Å². The number of carbonyl (C=O) groups excluding carboxylic acids is 2. The molecule has 7 heteroatoms. The molecule has 0 spiro atoms. The Hall–Kier alpha value is -2.73. The van der Waals surface area contributed by atoms with Crippen LogP contribution in [0.1, 0.15) is 17.3 Å². The molecule has 1 aliphatic heterocycles. The molecular formula is C20H22ClN3O3. The summed E-state index contributed by atoms with van der Waals surface area (Å²) in [5.74, 6) is -0.325. The Morgan fingerprint density at radius 1 is 1.07 bits per heavy atom. The van der Waals surface area contributed by atoms with E-state index in [1.54, 1.807) is 42.2 Å². The fourth-order valence-electron chi connectivity index (χ4n) is 3.05. The van der Waals surface area contributed by atoms with Crippen LogP contribution < -0.4 is 10.2 Å². The van der Waals surface area contributed by atoms with E-state index in [1.807, 2.05) is 18.2 Å². The zero-order valence-corrected chi connectivity index (χ0v) is 15.9. The van der Waals surface area contributed by atoms with Crippen molar-refractivity contribution in [3.63, 3.8) is 0 Å². The van der Waals surface area contributed by atoms with E-state index >= 15 is 0 Å². The van der Waals surface area contributed by atoms with E-state index in [9.17, 15) is 9.59 Å². The van der Waals surface area contributed by atoms with Crippen molar-refractivity contribution in [3.05, 3.63) is 59.1 Å². The fraction of sp³-hybridized carbons (Fsp3) is 0.300. The Balaban J connectivity index is 1.62. The van der Waals surface area contributed by atoms with Crippen LogP contribution in [0.4, 0.5) is 16.2 Å². The Bertz CT molecular complexity index is 820. The van der Waals surface area contributed by atoms with Gasteiger partial charge in [-0.2, -0.15) is 0 Å². The predicted molar refractivity (Wildman–Crippen MR) is 107 cm³/mol. The van der Waals surface area contributed by atoms with E-state index in [1.165, 1.54) is 0 Å². The van der Waals surface area contributed by atoms with Gasteiger partial charge in [0.2, 0.25) is 0 Å². The van der Waals surface area contributed by atoms with Crippen LogP contribution in [0.5, 0.6) is 0 Å². The first kappa shape index (κ1) is 19.0. The van der Waals surface area contributed by atoms with Crippen molar-refractivity contribution in [1.29, 1.82) is 0 Å². The first-order valence-electron chi connectivity index (χ1n) is 8.91. The SMILES string of the molecule is CCOC(=O)c1ccccc1N1CCN(C(=O)Nc2cccc(Cl)c2)CC1. The third-order valence-corrected chi connectivity index (χ3v) is 4.62. The Labute approximate surface area is 163 Å². The van der Waals surface area contributed by atoms with Crippen LogP contribution in [-0.2, 0) is 4.74 Å². The van der Waals surface area contributed by atoms with Crippen LogP contribution in [0.25, 0.3) is 0 Å². The van der Waals surface area contributed by atoms with Gasteiger partial charge in [-0.25, -0.2) is 9.59 Å². The normalized spacial score (nSPS) is 14.0. The number of rotatable bonds is 4. The number of hydrogen-bond acceptors (Lipinski definition) is 4. The minimum atomic E-state index is -0.325. The number of hydrogen-bond donors (Lipinski definition) is 1. The topological polar surface area (TPSA) is 61.9 Å². The zero-order chi connectivity index (χ0) is 19.2. The highest BCUT2D eigenvalue weighted by Crippen LogP contribution is 2.23. The van der Waals surface area contributed by atoms with Crippen LogP contribution >= 0.6 is 11.6 Å². The molecule has 2 aromatic carbocycles. The molecule has 2 aromatic rings. The second-order valence-electron chi connectivity index (χ2n) is 6.15. The van der Waals surface area contributed by atoms with E-state index in [0.717, 1.165) is 5.69 Å². The Morgan fingerprint density at radius 2 is 1.81 bits per heavy atom. The molecule has 0 aliphatic carbocycles. The van der Waals surface area contributed by atoms with Crippen molar-refractivity contribution in [1.82, 2.24) is 4.90 Å². The highest BCUT2D eigenvalue weighted by molar-refractivity contribution is 6.30. The van der Waals surface area contributed by atoms with Gasteiger partial charge >= 0.3 is 12.0 Å². The smallest absolute Gasteiger partial charge is 0.340 e. The summed E-state index contributed by atoms with van der Waals surface area (Å²) < 4.78 is 5.14. The van der Waals surface area contributed by atoms with Gasteiger partial charge in [-0.1, -0.05) is 29.8 Å². The minimum Gasteiger partial charge on any atom is -0.462 e. The molecule has 1 fully saturated rings. The maximum atomic E-state index is 12.5. The fourth-order valence-corrected chi connectivity index (χ4v) is 3.24. The highest BCUT2D eigenvalue weighted by atomic mass is 35.5. The summed E-state index contributed by atoms with van der Waals surface area (Å²) in [5, 5.41) is 3.44. The summed E-state index contributed by atoms with van der Waals surface area (Å²) >= 11 is 5.95. The maximum absolute atomic E-state index is 12.5. The van der Waals surface area contributed by atoms with Gasteiger partial charge in [-0.3, -0.25) is 0 Å². The number of benzene rings is 2. The zero-order valence-electron chi connectivity index (χ0n) is 15.2. The predicted octanol–water partition coefficient (Wildman–Crippen LogP) is 3.87. The van der Waals surface area contributed by atoms with Gasteiger partial charge in [0.05, 0.1) is 17.9 Å². The maximum Gasteiger partial charge on any atom is 0.340 e. The van der Waals surface area contributed by atoms with Gasteiger partial charge in [0, 0.05) is 36.9 Å². The average Bonchev–Trinajstić information content (AvgIpc) is 2.68. The number of ether oxygens (including phenoxy) is 1. The molecule has 1 heterocycles. The van der Waals surface area contributed by atoms with Crippen LogP contribution in [0.3, 0.4) is 0 Å². The first-order chi connectivity index (χ1) is 13.1. The number of para-hydroxylation sites is 1. The molecule has 0 unspecified atom stereocenters. The molecule has 1 saturated heterocycles. The van der Waals surface area contributed by atoms with Crippen LogP contribution in [0.2, 0.25) is 5.02 Å². The lowest BCUT2D eigenvalue weighted by Crippen LogP contribution is -2.50. The quantitative estimate of drug-likeness (QED) is 0.809. The van der Waals surface area contributed by atoms with Crippen LogP contribution in [-0.4, -0.2) is 49.7 Å². The molecule has 0 saturated carbocycles. The largest absolute Gasteiger partial charge is 0.462 e. The molecule has 2 amide bonds. The molecule has 27 heavy (non-hydrogen) atoms. The molecule has 0 bridgehead atoms. The molecule has 142 valence electrons. The van der Waals surface area contributed by atoms with Gasteiger partial charge in [-0.05, 0) is 37.3 Å². The number of esters is 1. The molecule has 1 aliphatic rings. The molecule has 0 atom stereocenters. The van der Waals surface area contributed by atoms with Crippen molar-refractivity contribution < 1.29 is 14.3 Å². The summed E-state index contributed by atoms with van der Waals surface area (Å²) in [7, 11) is 0. The lowest BCUT2D eigenvalue weighted by atomic mass is 10.1. The Morgan fingerprint density at radius 3 is 2.52 bits per heavy atom. The molecule has 6 nitrogen and oxygen atoms in total. The van der Waals surface area contributed by atoms with Gasteiger partial charge < -0.3 is 19.9 Å². The number of nitrogens with one attached hydrogen (secondary N) is 1. The number of carbonyl (C=O) groups is 2. The first-order valence-corrected chi connectivity index (χ1v) is 9.29. The molecule has 3 rings (SSSR count). The average molecular weight is 388 g/mol. The van der Waals surface area contributed by atoms with E-state index < -0.39 is 0 Å². The number of piperazine rings is 1. The number of amides is 2. The number of halogens is 1. The third kappa shape index (κ3) is 4.71. The molecule has 0 radical (unpaired) electrons. The summed E-state index contributed by atoms with van der Waals surface area (Å²) in [6.45, 7) is 4.52. The van der Waals surface area contributed by atoms with Crippen molar-refractivity contribution in [2.75, 3.05) is 43.0 Å². The van der Waals surface area contributed by atoms with Crippen molar-refractivity contribution in [2.24, 2.45) is 0 Å². The van der Waals surface area contributed by atoms with Crippen molar-refractivity contribution in [3.8, 4) is 0 Å². The second-order valence-corrected chi connectivity index (χ2v) is 6.59. The monoisotopic (exact) mass is 387 g/mol. The second kappa shape index (κ2) is 8.77. The third-order valence-electron chi connectivity index (χ3n) is 4.38. The van der Waals surface area contributed by atoms with Crippen molar-refractivity contribution in [2.45, 2.75) is 6.92 Å². The van der Waals surface area contributed by atoms with Crippen LogP contribution in [0, 0.1) is 0 Å². The number of nitrogens with zero attached hydrogens (tertiary/aromatic N) is 2. The number of urea groups is 1. The van der Waals surface area contributed by atoms with Gasteiger partial charge in [0.1, 0.15) is 0 Å². The molecular weight excluding hydrogens is 366 g/mol. The Kier molecular flexibility index (Phi) is 6.19. The van der Waals surface area contributed by atoms with E-state index in [4.69, 9.17) is 16.3 Å². The van der Waals surface area contributed by atoms with Gasteiger partial charge in [-0.15, -0.1) is 0 Å². The highest BCUT2D eigenvalue weighted by Gasteiger charge is 2.24. The van der Waals surface area contributed by atoms with Gasteiger partial charge in [0.15, 0.2) is 0 Å².